The smallest absolute Gasteiger partial charge is 0.257 e. The van der Waals surface area contributed by atoms with Crippen molar-refractivity contribution in [1.82, 2.24) is 10.3 Å². The first-order valence-electron chi connectivity index (χ1n) is 9.95. The van der Waals surface area contributed by atoms with Crippen LogP contribution in [-0.2, 0) is 9.84 Å². The Hall–Kier alpha value is -2.94. The second kappa shape index (κ2) is 10.3. The van der Waals surface area contributed by atoms with Gasteiger partial charge >= 0.3 is 0 Å². The topological polar surface area (TPSA) is 105 Å². The van der Waals surface area contributed by atoms with Gasteiger partial charge in [0.25, 0.3) is 11.8 Å². The van der Waals surface area contributed by atoms with E-state index in [-0.39, 0.29) is 21.4 Å². The number of pyridine rings is 1. The quantitative estimate of drug-likeness (QED) is 0.477. The van der Waals surface area contributed by atoms with Gasteiger partial charge in [-0.2, -0.15) is 0 Å². The summed E-state index contributed by atoms with van der Waals surface area (Å²) in [4.78, 5) is 29.1. The molecule has 3 aromatic rings. The fourth-order valence-corrected chi connectivity index (χ4v) is 4.13. The molecular weight excluding hydrogens is 485 g/mol. The van der Waals surface area contributed by atoms with Crippen LogP contribution in [-0.4, -0.2) is 38.0 Å². The van der Waals surface area contributed by atoms with E-state index in [1.54, 1.807) is 30.3 Å². The van der Waals surface area contributed by atoms with Crippen LogP contribution in [0.3, 0.4) is 0 Å². The van der Waals surface area contributed by atoms with E-state index in [1.807, 2.05) is 6.92 Å². The molecule has 0 aliphatic heterocycles. The van der Waals surface area contributed by atoms with Gasteiger partial charge in [-0.05, 0) is 55.0 Å². The van der Waals surface area contributed by atoms with E-state index in [9.17, 15) is 18.0 Å². The summed E-state index contributed by atoms with van der Waals surface area (Å²) in [5.41, 5.74) is 2.09. The van der Waals surface area contributed by atoms with Gasteiger partial charge in [-0.25, -0.2) is 8.42 Å². The maximum Gasteiger partial charge on any atom is 0.257 e. The van der Waals surface area contributed by atoms with Crippen LogP contribution in [0, 0.1) is 0 Å². The Balaban J connectivity index is 1.82. The lowest BCUT2D eigenvalue weighted by molar-refractivity contribution is 0.0952. The van der Waals surface area contributed by atoms with Gasteiger partial charge in [0.15, 0.2) is 9.84 Å². The summed E-state index contributed by atoms with van der Waals surface area (Å²) in [7, 11) is -3.44. The summed E-state index contributed by atoms with van der Waals surface area (Å²) < 4.78 is 23.3. The first kappa shape index (κ1) is 24.7. The number of amides is 2. The average Bonchev–Trinajstić information content (AvgIpc) is 2.78. The highest BCUT2D eigenvalue weighted by Crippen LogP contribution is 2.30. The van der Waals surface area contributed by atoms with Crippen LogP contribution in [0.5, 0.6) is 0 Å². The minimum Gasteiger partial charge on any atom is -0.352 e. The van der Waals surface area contributed by atoms with E-state index < -0.39 is 15.7 Å². The van der Waals surface area contributed by atoms with Gasteiger partial charge in [0.05, 0.1) is 31.8 Å². The van der Waals surface area contributed by atoms with Crippen LogP contribution in [0.4, 0.5) is 5.69 Å². The van der Waals surface area contributed by atoms with E-state index in [0.717, 1.165) is 12.7 Å². The van der Waals surface area contributed by atoms with Crippen LogP contribution < -0.4 is 10.6 Å². The van der Waals surface area contributed by atoms with Gasteiger partial charge in [0, 0.05) is 30.2 Å². The zero-order valence-electron chi connectivity index (χ0n) is 17.9. The Kier molecular flexibility index (Phi) is 7.73. The van der Waals surface area contributed by atoms with Crippen LogP contribution in [0.25, 0.3) is 11.3 Å². The molecule has 0 fully saturated rings. The number of halogens is 2. The molecule has 33 heavy (non-hydrogen) atoms. The van der Waals surface area contributed by atoms with Gasteiger partial charge in [-0.15, -0.1) is 0 Å². The van der Waals surface area contributed by atoms with Crippen molar-refractivity contribution in [2.75, 3.05) is 18.1 Å². The molecule has 7 nitrogen and oxygen atoms in total. The zero-order valence-corrected chi connectivity index (χ0v) is 20.2. The lowest BCUT2D eigenvalue weighted by Crippen LogP contribution is -2.24. The van der Waals surface area contributed by atoms with Gasteiger partial charge in [0.2, 0.25) is 0 Å². The van der Waals surface area contributed by atoms with E-state index >= 15 is 0 Å². The molecule has 2 N–H and O–H groups in total. The molecule has 10 heteroatoms. The Labute approximate surface area is 202 Å². The first-order chi connectivity index (χ1) is 15.6. The predicted molar refractivity (Wildman–Crippen MR) is 130 cm³/mol. The fraction of sp³-hybridized carbons (Fsp3) is 0.174. The van der Waals surface area contributed by atoms with Crippen molar-refractivity contribution >= 4 is 50.5 Å². The van der Waals surface area contributed by atoms with Crippen LogP contribution in [0.1, 0.15) is 34.1 Å². The molecule has 0 bridgehead atoms. The minimum absolute atomic E-state index is 0.0169. The molecule has 2 aromatic carbocycles. The van der Waals surface area contributed by atoms with Gasteiger partial charge in [-0.1, -0.05) is 30.1 Å². The predicted octanol–water partition coefficient (Wildman–Crippen LogP) is 4.85. The molecule has 0 saturated carbocycles. The summed E-state index contributed by atoms with van der Waals surface area (Å²) >= 11 is 12.5. The highest BCUT2D eigenvalue weighted by molar-refractivity contribution is 7.90. The molecule has 1 heterocycles. The van der Waals surface area contributed by atoms with Crippen molar-refractivity contribution in [3.8, 4) is 11.3 Å². The van der Waals surface area contributed by atoms with Crippen LogP contribution in [0.2, 0.25) is 10.0 Å². The molecule has 0 atom stereocenters. The summed E-state index contributed by atoms with van der Waals surface area (Å²) in [6, 6.07) is 12.1. The summed E-state index contributed by atoms with van der Waals surface area (Å²) in [5.74, 6) is -0.717. The number of nitrogens with one attached hydrogen (secondary N) is 2. The van der Waals surface area contributed by atoms with Crippen molar-refractivity contribution in [2.24, 2.45) is 0 Å². The largest absolute Gasteiger partial charge is 0.352 e. The second-order valence-electron chi connectivity index (χ2n) is 7.25. The first-order valence-corrected chi connectivity index (χ1v) is 12.6. The molecule has 0 unspecified atom stereocenters. The number of nitrogens with zero attached hydrogens (tertiary/aromatic N) is 1. The van der Waals surface area contributed by atoms with E-state index in [2.05, 4.69) is 15.6 Å². The number of benzene rings is 2. The maximum absolute atomic E-state index is 12.7. The third-order valence-electron chi connectivity index (χ3n) is 4.67. The Morgan fingerprint density at radius 2 is 1.73 bits per heavy atom. The van der Waals surface area contributed by atoms with Crippen LogP contribution >= 0.6 is 23.2 Å². The average molecular weight is 506 g/mol. The summed E-state index contributed by atoms with van der Waals surface area (Å²) in [6.07, 6.45) is 3.36. The molecule has 1 aromatic heterocycles. The standard InChI is InChI=1S/C23H21Cl2N3O4S/c1-3-10-26-22(29)14-4-9-21(27-13-14)18-11-15(5-8-19(18)24)28-23(30)17-7-6-16(12-20(17)25)33(2,31)32/h4-9,11-13H,3,10H2,1-2H3,(H,26,29)(H,28,30). The SMILES string of the molecule is CCCNC(=O)c1ccc(-c2cc(NC(=O)c3ccc(S(C)(=O)=O)cc3Cl)ccc2Cl)nc1. The number of anilines is 1. The monoisotopic (exact) mass is 505 g/mol. The molecule has 0 aliphatic carbocycles. The molecule has 172 valence electrons. The van der Waals surface area contributed by atoms with Crippen molar-refractivity contribution in [1.29, 1.82) is 0 Å². The van der Waals surface area contributed by atoms with E-state index in [0.29, 0.717) is 34.1 Å². The number of aromatic nitrogens is 1. The third-order valence-corrected chi connectivity index (χ3v) is 6.43. The Bertz CT molecular complexity index is 1310. The Morgan fingerprint density at radius 1 is 0.970 bits per heavy atom. The van der Waals surface area contributed by atoms with Crippen molar-refractivity contribution in [2.45, 2.75) is 18.2 Å². The highest BCUT2D eigenvalue weighted by Gasteiger charge is 2.16. The molecular formula is C23H21Cl2N3O4S. The number of carbonyl (C=O) groups excluding carboxylic acids is 2. The van der Waals surface area contributed by atoms with Crippen molar-refractivity contribution in [3.05, 3.63) is 75.9 Å². The van der Waals surface area contributed by atoms with Gasteiger partial charge in [-0.3, -0.25) is 14.6 Å². The number of sulfone groups is 1. The van der Waals surface area contributed by atoms with E-state index in [4.69, 9.17) is 23.2 Å². The lowest BCUT2D eigenvalue weighted by atomic mass is 10.1. The number of carbonyl (C=O) groups is 2. The molecule has 0 radical (unpaired) electrons. The molecule has 0 saturated heterocycles. The second-order valence-corrected chi connectivity index (χ2v) is 10.1. The summed E-state index contributed by atoms with van der Waals surface area (Å²) in [6.45, 7) is 2.54. The van der Waals surface area contributed by atoms with Crippen molar-refractivity contribution < 1.29 is 18.0 Å². The number of rotatable bonds is 7. The van der Waals surface area contributed by atoms with Gasteiger partial charge < -0.3 is 10.6 Å². The highest BCUT2D eigenvalue weighted by atomic mass is 35.5. The molecule has 2 amide bonds. The maximum atomic E-state index is 12.7. The van der Waals surface area contributed by atoms with Crippen LogP contribution in [0.15, 0.2) is 59.6 Å². The van der Waals surface area contributed by atoms with Crippen molar-refractivity contribution in [3.63, 3.8) is 0 Å². The molecule has 0 aliphatic rings. The van der Waals surface area contributed by atoms with E-state index in [1.165, 1.54) is 24.4 Å². The Morgan fingerprint density at radius 3 is 2.33 bits per heavy atom. The fourth-order valence-electron chi connectivity index (χ4n) is 2.94. The van der Waals surface area contributed by atoms with Gasteiger partial charge in [0.1, 0.15) is 0 Å². The molecule has 3 rings (SSSR count). The minimum atomic E-state index is -3.44. The lowest BCUT2D eigenvalue weighted by Gasteiger charge is -2.11. The number of hydrogen-bond donors (Lipinski definition) is 2. The normalized spacial score (nSPS) is 11.2. The summed E-state index contributed by atoms with van der Waals surface area (Å²) in [5, 5.41) is 5.94. The third kappa shape index (κ3) is 6.10. The zero-order chi connectivity index (χ0) is 24.2. The number of hydrogen-bond acceptors (Lipinski definition) is 5. The molecule has 0 spiro atoms.